The van der Waals surface area contributed by atoms with Crippen molar-refractivity contribution in [3.8, 4) is 0 Å². The molecule has 5 heteroatoms. The SMILES string of the molecule is O=C(c1ccccc1)N1CCCC(C(=O)N2CCc3ccc(F)cc32)C1. The van der Waals surface area contributed by atoms with E-state index in [0.717, 1.165) is 24.8 Å². The Morgan fingerprint density at radius 1 is 1.04 bits per heavy atom. The Balaban J connectivity index is 1.50. The maximum atomic E-state index is 13.6. The number of anilines is 1. The second-order valence-electron chi connectivity index (χ2n) is 6.97. The van der Waals surface area contributed by atoms with Crippen LogP contribution in [0.25, 0.3) is 0 Å². The Bertz CT molecular complexity index is 837. The van der Waals surface area contributed by atoms with Crippen molar-refractivity contribution < 1.29 is 14.0 Å². The lowest BCUT2D eigenvalue weighted by Gasteiger charge is -2.34. The number of fused-ring (bicyclic) bond motifs is 1. The average molecular weight is 352 g/mol. The van der Waals surface area contributed by atoms with Gasteiger partial charge in [-0.1, -0.05) is 24.3 Å². The van der Waals surface area contributed by atoms with Gasteiger partial charge < -0.3 is 9.80 Å². The summed E-state index contributed by atoms with van der Waals surface area (Å²) in [4.78, 5) is 29.2. The first-order valence-corrected chi connectivity index (χ1v) is 9.07. The second kappa shape index (κ2) is 6.90. The van der Waals surface area contributed by atoms with Crippen LogP contribution in [0.2, 0.25) is 0 Å². The second-order valence-corrected chi connectivity index (χ2v) is 6.97. The van der Waals surface area contributed by atoms with E-state index >= 15 is 0 Å². The normalized spacial score (nSPS) is 19.3. The third-order valence-corrected chi connectivity index (χ3v) is 5.29. The van der Waals surface area contributed by atoms with Crippen LogP contribution in [0.1, 0.15) is 28.8 Å². The number of hydrogen-bond acceptors (Lipinski definition) is 2. The molecule has 1 unspecified atom stereocenters. The molecular formula is C21H21FN2O2. The molecule has 1 saturated heterocycles. The van der Waals surface area contributed by atoms with E-state index in [2.05, 4.69) is 0 Å². The van der Waals surface area contributed by atoms with E-state index in [0.29, 0.717) is 30.9 Å². The van der Waals surface area contributed by atoms with E-state index in [1.165, 1.54) is 12.1 Å². The third-order valence-electron chi connectivity index (χ3n) is 5.29. The molecule has 2 aliphatic rings. The molecule has 0 radical (unpaired) electrons. The standard InChI is InChI=1S/C21H21FN2O2/c22-18-9-8-15-10-12-24(19(15)13-18)21(26)17-7-4-11-23(14-17)20(25)16-5-2-1-3-6-16/h1-3,5-6,8-9,13,17H,4,7,10-12,14H2. The van der Waals surface area contributed by atoms with Crippen molar-refractivity contribution in [3.63, 3.8) is 0 Å². The number of rotatable bonds is 2. The Hall–Kier alpha value is -2.69. The minimum absolute atomic E-state index is 0.0000818. The van der Waals surface area contributed by atoms with Crippen molar-refractivity contribution in [2.24, 2.45) is 5.92 Å². The minimum atomic E-state index is -0.326. The molecule has 2 aliphatic heterocycles. The monoisotopic (exact) mass is 352 g/mol. The summed E-state index contributed by atoms with van der Waals surface area (Å²) >= 11 is 0. The van der Waals surface area contributed by atoms with Gasteiger partial charge in [-0.2, -0.15) is 0 Å². The molecule has 134 valence electrons. The van der Waals surface area contributed by atoms with Crippen molar-refractivity contribution in [2.75, 3.05) is 24.5 Å². The van der Waals surface area contributed by atoms with Gasteiger partial charge in [-0.05, 0) is 49.1 Å². The molecule has 0 N–H and O–H groups in total. The van der Waals surface area contributed by atoms with Crippen LogP contribution in [-0.2, 0) is 11.2 Å². The Kier molecular flexibility index (Phi) is 4.45. The molecule has 4 nitrogen and oxygen atoms in total. The van der Waals surface area contributed by atoms with E-state index in [1.807, 2.05) is 18.2 Å². The Morgan fingerprint density at radius 2 is 1.85 bits per heavy atom. The molecule has 1 fully saturated rings. The molecule has 2 amide bonds. The lowest BCUT2D eigenvalue weighted by Crippen LogP contribution is -2.46. The lowest BCUT2D eigenvalue weighted by atomic mass is 9.95. The van der Waals surface area contributed by atoms with Gasteiger partial charge >= 0.3 is 0 Å². The predicted molar refractivity (Wildman–Crippen MR) is 97.5 cm³/mol. The van der Waals surface area contributed by atoms with Gasteiger partial charge in [0.15, 0.2) is 0 Å². The van der Waals surface area contributed by atoms with E-state index < -0.39 is 0 Å². The highest BCUT2D eigenvalue weighted by Crippen LogP contribution is 2.31. The molecule has 2 aromatic carbocycles. The summed E-state index contributed by atoms with van der Waals surface area (Å²) in [6, 6.07) is 13.8. The highest BCUT2D eigenvalue weighted by atomic mass is 19.1. The van der Waals surface area contributed by atoms with Crippen LogP contribution in [0.5, 0.6) is 0 Å². The van der Waals surface area contributed by atoms with Gasteiger partial charge in [0.1, 0.15) is 5.82 Å². The first-order chi connectivity index (χ1) is 12.6. The summed E-state index contributed by atoms with van der Waals surface area (Å²) in [5, 5.41) is 0. The number of amides is 2. The quantitative estimate of drug-likeness (QED) is 0.832. The van der Waals surface area contributed by atoms with Crippen LogP contribution in [0.4, 0.5) is 10.1 Å². The molecule has 2 heterocycles. The van der Waals surface area contributed by atoms with Crippen LogP contribution in [0, 0.1) is 11.7 Å². The summed E-state index contributed by atoms with van der Waals surface area (Å²) in [7, 11) is 0. The predicted octanol–water partition coefficient (Wildman–Crippen LogP) is 3.27. The maximum Gasteiger partial charge on any atom is 0.253 e. The maximum absolute atomic E-state index is 13.6. The fraction of sp³-hybridized carbons (Fsp3) is 0.333. The molecule has 1 atom stereocenters. The van der Waals surface area contributed by atoms with Crippen LogP contribution in [-0.4, -0.2) is 36.3 Å². The van der Waals surface area contributed by atoms with Crippen LogP contribution in [0.3, 0.4) is 0 Å². The average Bonchev–Trinajstić information content (AvgIpc) is 3.10. The summed E-state index contributed by atoms with van der Waals surface area (Å²) in [5.41, 5.74) is 2.34. The van der Waals surface area contributed by atoms with Crippen molar-refractivity contribution in [3.05, 3.63) is 65.5 Å². The van der Waals surface area contributed by atoms with Gasteiger partial charge in [-0.3, -0.25) is 9.59 Å². The van der Waals surface area contributed by atoms with Gasteiger partial charge in [0, 0.05) is 30.9 Å². The summed E-state index contributed by atoms with van der Waals surface area (Å²) in [5.74, 6) is -0.588. The molecule has 0 bridgehead atoms. The van der Waals surface area contributed by atoms with Gasteiger partial charge in [0.05, 0.1) is 5.92 Å². The number of halogens is 1. The summed E-state index contributed by atoms with van der Waals surface area (Å²) < 4.78 is 13.6. The topological polar surface area (TPSA) is 40.6 Å². The van der Waals surface area contributed by atoms with E-state index in [1.54, 1.807) is 28.0 Å². The zero-order valence-corrected chi connectivity index (χ0v) is 14.5. The molecular weight excluding hydrogens is 331 g/mol. The largest absolute Gasteiger partial charge is 0.338 e. The van der Waals surface area contributed by atoms with E-state index in [9.17, 15) is 14.0 Å². The third kappa shape index (κ3) is 3.09. The number of piperidine rings is 1. The van der Waals surface area contributed by atoms with Crippen LogP contribution < -0.4 is 4.90 Å². The molecule has 0 spiro atoms. The van der Waals surface area contributed by atoms with Crippen molar-refractivity contribution in [2.45, 2.75) is 19.3 Å². The van der Waals surface area contributed by atoms with Crippen molar-refractivity contribution >= 4 is 17.5 Å². The summed E-state index contributed by atoms with van der Waals surface area (Å²) in [6.07, 6.45) is 2.32. The van der Waals surface area contributed by atoms with Crippen LogP contribution in [0.15, 0.2) is 48.5 Å². The van der Waals surface area contributed by atoms with E-state index in [-0.39, 0.29) is 23.5 Å². The van der Waals surface area contributed by atoms with Gasteiger partial charge in [0.2, 0.25) is 5.91 Å². The first-order valence-electron chi connectivity index (χ1n) is 9.07. The Labute approximate surface area is 152 Å². The lowest BCUT2D eigenvalue weighted by molar-refractivity contribution is -0.123. The molecule has 0 aliphatic carbocycles. The number of benzene rings is 2. The Morgan fingerprint density at radius 3 is 2.65 bits per heavy atom. The number of carbonyl (C=O) groups is 2. The smallest absolute Gasteiger partial charge is 0.253 e. The van der Waals surface area contributed by atoms with Crippen molar-refractivity contribution in [1.82, 2.24) is 4.90 Å². The van der Waals surface area contributed by atoms with E-state index in [4.69, 9.17) is 0 Å². The highest BCUT2D eigenvalue weighted by molar-refractivity contribution is 5.98. The fourth-order valence-corrected chi connectivity index (χ4v) is 3.93. The minimum Gasteiger partial charge on any atom is -0.338 e. The first kappa shape index (κ1) is 16.8. The molecule has 26 heavy (non-hydrogen) atoms. The molecule has 0 aromatic heterocycles. The molecule has 0 saturated carbocycles. The highest BCUT2D eigenvalue weighted by Gasteiger charge is 2.34. The van der Waals surface area contributed by atoms with Gasteiger partial charge in [-0.25, -0.2) is 4.39 Å². The number of nitrogens with zero attached hydrogens (tertiary/aromatic N) is 2. The van der Waals surface area contributed by atoms with Crippen LogP contribution >= 0.6 is 0 Å². The molecule has 4 rings (SSSR count). The fourth-order valence-electron chi connectivity index (χ4n) is 3.93. The number of hydrogen-bond donors (Lipinski definition) is 0. The van der Waals surface area contributed by atoms with Gasteiger partial charge in [-0.15, -0.1) is 0 Å². The van der Waals surface area contributed by atoms with Gasteiger partial charge in [0.25, 0.3) is 5.91 Å². The zero-order valence-electron chi connectivity index (χ0n) is 14.5. The number of carbonyl (C=O) groups excluding carboxylic acids is 2. The zero-order chi connectivity index (χ0) is 18.1. The summed E-state index contributed by atoms with van der Waals surface area (Å²) in [6.45, 7) is 1.68. The van der Waals surface area contributed by atoms with Crippen molar-refractivity contribution in [1.29, 1.82) is 0 Å². The molecule has 2 aromatic rings. The number of likely N-dealkylation sites (tertiary alicyclic amines) is 1.